The van der Waals surface area contributed by atoms with Gasteiger partial charge in [-0.1, -0.05) is 0 Å². The van der Waals surface area contributed by atoms with Crippen molar-refractivity contribution < 1.29 is 12.4 Å². The summed E-state index contributed by atoms with van der Waals surface area (Å²) in [5.41, 5.74) is 3.16. The first-order valence-electron chi connectivity index (χ1n) is 12.8. The van der Waals surface area contributed by atoms with Crippen LogP contribution in [-0.4, -0.2) is 57.8 Å². The molecule has 6 nitrogen and oxygen atoms in total. The molecule has 4 aromatic carbocycles. The van der Waals surface area contributed by atoms with Crippen molar-refractivity contribution in [2.24, 2.45) is 0 Å². The molecule has 0 aromatic heterocycles. The summed E-state index contributed by atoms with van der Waals surface area (Å²) in [6.45, 7) is 0. The van der Waals surface area contributed by atoms with E-state index in [4.69, 9.17) is 3.97 Å². The van der Waals surface area contributed by atoms with Gasteiger partial charge in [-0.25, -0.2) is 0 Å². The van der Waals surface area contributed by atoms with Crippen LogP contribution in [0, 0.1) is 0 Å². The van der Waals surface area contributed by atoms with E-state index in [0.717, 1.165) is 33.0 Å². The van der Waals surface area contributed by atoms with E-state index in [0.29, 0.717) is 4.48 Å². The van der Waals surface area contributed by atoms with Crippen molar-refractivity contribution in [2.45, 2.75) is 4.90 Å². The molecular weight excluding hydrogens is 525 g/mol. The second kappa shape index (κ2) is 11.1. The molecule has 4 aromatic rings. The van der Waals surface area contributed by atoms with Crippen molar-refractivity contribution in [3.8, 4) is 0 Å². The molecule has 0 amide bonds. The van der Waals surface area contributed by atoms with E-state index in [1.54, 1.807) is 30.3 Å². The molecule has 0 atom stereocenters. The molecule has 0 saturated carbocycles. The molecule has 0 spiro atoms. The van der Waals surface area contributed by atoms with Crippen LogP contribution in [0.4, 0.5) is 17.1 Å². The average Bonchev–Trinajstić information content (AvgIpc) is 2.92. The van der Waals surface area contributed by atoms with Crippen molar-refractivity contribution in [1.82, 2.24) is 4.48 Å². The number of hydrogen-bond donors (Lipinski definition) is 0. The van der Waals surface area contributed by atoms with Gasteiger partial charge in [0.05, 0.1) is 0 Å². The van der Waals surface area contributed by atoms with E-state index in [2.05, 4.69) is 33.3 Å². The summed E-state index contributed by atoms with van der Waals surface area (Å²) in [6, 6.07) is 32.7. The summed E-state index contributed by atoms with van der Waals surface area (Å²) < 4.78 is 35.1. The Morgan fingerprint density at radius 3 is 1.33 bits per heavy atom. The molecule has 0 radical (unpaired) electrons. The van der Waals surface area contributed by atoms with Crippen molar-refractivity contribution in [1.29, 1.82) is 0 Å². The number of nitrogens with zero attached hydrogens (tertiary/aromatic N) is 3. The predicted octanol–water partition coefficient (Wildman–Crippen LogP) is 4.36. The molecule has 4 rings (SSSR count). The van der Waals surface area contributed by atoms with E-state index < -0.39 is 17.6 Å². The van der Waals surface area contributed by atoms with Crippen molar-refractivity contribution in [3.05, 3.63) is 103 Å². The van der Waals surface area contributed by atoms with Gasteiger partial charge in [0.2, 0.25) is 0 Å². The van der Waals surface area contributed by atoms with Crippen molar-refractivity contribution in [2.75, 3.05) is 59.1 Å². The zero-order valence-electron chi connectivity index (χ0n) is 23.8. The van der Waals surface area contributed by atoms with Crippen LogP contribution in [0.5, 0.6) is 0 Å². The number of benzene rings is 4. The van der Waals surface area contributed by atoms with Gasteiger partial charge in [-0.3, -0.25) is 0 Å². The van der Waals surface area contributed by atoms with Crippen molar-refractivity contribution in [3.63, 3.8) is 0 Å². The van der Waals surface area contributed by atoms with Crippen LogP contribution < -0.4 is 30.2 Å². The fourth-order valence-corrected chi connectivity index (χ4v) is 10.8. The van der Waals surface area contributed by atoms with Crippen LogP contribution in [0.2, 0.25) is 0 Å². The maximum absolute atomic E-state index is 13.9. The third-order valence-electron chi connectivity index (χ3n) is 6.90. The Morgan fingerprint density at radius 2 is 0.974 bits per heavy atom. The average molecular weight is 565 g/mol. The van der Waals surface area contributed by atoms with E-state index in [1.807, 2.05) is 98.7 Å². The summed E-state index contributed by atoms with van der Waals surface area (Å²) >= 11 is 0. The van der Waals surface area contributed by atoms with Gasteiger partial charge in [-0.15, -0.1) is 0 Å². The Morgan fingerprint density at radius 1 is 0.590 bits per heavy atom. The molecule has 8 heteroatoms. The van der Waals surface area contributed by atoms with Gasteiger partial charge >= 0.3 is 235 Å². The Kier molecular flexibility index (Phi) is 8.20. The summed E-state index contributed by atoms with van der Waals surface area (Å²) in [5.74, 6) is 0. The van der Waals surface area contributed by atoms with Gasteiger partial charge in [-0.05, 0) is 0 Å². The molecule has 0 fully saturated rings. The molecule has 39 heavy (non-hydrogen) atoms. The fourth-order valence-electron chi connectivity index (χ4n) is 4.58. The van der Waals surface area contributed by atoms with Gasteiger partial charge in [0, 0.05) is 0 Å². The van der Waals surface area contributed by atoms with E-state index in [9.17, 15) is 8.42 Å². The third kappa shape index (κ3) is 6.02. The standard InChI is InChI=1S/C31H39N3O3PS/c1-32(2)25-13-19-28(20-14-25)38(29-21-15-26(16-22-29)33(3)4,30-23-17-27(18-24-30)34(5,6)7)37-39(35,36)31-11-9-8-10-12-31/h8-24,38H,1-7H3/q+1. The molecule has 0 bridgehead atoms. The Labute approximate surface area is 234 Å². The van der Waals surface area contributed by atoms with Crippen LogP contribution >= 0.6 is 7.49 Å². The fraction of sp³-hybridized carbons (Fsp3) is 0.226. The quantitative estimate of drug-likeness (QED) is 0.223. The van der Waals surface area contributed by atoms with E-state index in [1.165, 1.54) is 0 Å². The van der Waals surface area contributed by atoms with Crippen LogP contribution in [0.3, 0.4) is 0 Å². The first-order valence-corrected chi connectivity index (χ1v) is 16.2. The molecule has 0 aliphatic carbocycles. The zero-order valence-corrected chi connectivity index (χ0v) is 25.6. The second-order valence-corrected chi connectivity index (χ2v) is 16.1. The van der Waals surface area contributed by atoms with E-state index >= 15 is 0 Å². The maximum atomic E-state index is 13.9. The SMILES string of the molecule is CN(C)c1ccc([PH](OS(=O)(=O)c2ccccc2)(c2ccc(N(C)C)cc2)c2ccc([N+](C)(C)C)cc2)cc1. The molecule has 0 N–H and O–H groups in total. The topological polar surface area (TPSA) is 49.9 Å². The van der Waals surface area contributed by atoms with Crippen LogP contribution in [0.1, 0.15) is 0 Å². The Bertz CT molecular complexity index is 1450. The van der Waals surface area contributed by atoms with Crippen LogP contribution in [0.15, 0.2) is 108 Å². The molecule has 0 aliphatic heterocycles. The number of anilines is 2. The van der Waals surface area contributed by atoms with Gasteiger partial charge in [0.15, 0.2) is 0 Å². The molecular formula is C31H39N3O3PS+. The second-order valence-electron chi connectivity index (χ2n) is 11.0. The van der Waals surface area contributed by atoms with Gasteiger partial charge in [-0.2, -0.15) is 0 Å². The number of hydrogen-bond acceptors (Lipinski definition) is 5. The van der Waals surface area contributed by atoms with Crippen LogP contribution in [-0.2, 0) is 14.1 Å². The molecule has 0 unspecified atom stereocenters. The third-order valence-corrected chi connectivity index (χ3v) is 13.1. The van der Waals surface area contributed by atoms with Gasteiger partial charge in [0.25, 0.3) is 0 Å². The summed E-state index contributed by atoms with van der Waals surface area (Å²) in [4.78, 5) is 4.19. The monoisotopic (exact) mass is 564 g/mol. The summed E-state index contributed by atoms with van der Waals surface area (Å²) in [7, 11) is 6.58. The minimum absolute atomic E-state index is 0.139. The van der Waals surface area contributed by atoms with Gasteiger partial charge < -0.3 is 0 Å². The van der Waals surface area contributed by atoms with Crippen LogP contribution in [0.25, 0.3) is 0 Å². The molecule has 0 saturated heterocycles. The van der Waals surface area contributed by atoms with Crippen molar-refractivity contribution >= 4 is 50.6 Å². The summed E-state index contributed by atoms with van der Waals surface area (Å²) in [6.07, 6.45) is 0. The molecule has 0 heterocycles. The Balaban J connectivity index is 2.03. The number of rotatable bonds is 9. The first-order chi connectivity index (χ1) is 18.3. The minimum atomic E-state index is -4.12. The molecule has 206 valence electrons. The van der Waals surface area contributed by atoms with E-state index in [-0.39, 0.29) is 4.90 Å². The first kappa shape index (κ1) is 28.8. The van der Waals surface area contributed by atoms with Gasteiger partial charge in [0.1, 0.15) is 0 Å². The predicted molar refractivity (Wildman–Crippen MR) is 169 cm³/mol. The Hall–Kier alpha value is -3.22. The zero-order chi connectivity index (χ0) is 28.4. The normalized spacial score (nSPS) is 12.7. The molecule has 0 aliphatic rings. The number of quaternary nitrogens is 1. The summed E-state index contributed by atoms with van der Waals surface area (Å²) in [5, 5.41) is 2.56.